The number of aryl methyl sites for hydroxylation is 2. The van der Waals surface area contributed by atoms with E-state index in [1.165, 1.54) is 4.31 Å². The summed E-state index contributed by atoms with van der Waals surface area (Å²) in [5.74, 6) is -0.213. The van der Waals surface area contributed by atoms with E-state index in [1.807, 2.05) is 39.8 Å². The summed E-state index contributed by atoms with van der Waals surface area (Å²) in [5, 5.41) is 0. The van der Waals surface area contributed by atoms with Gasteiger partial charge in [0.05, 0.1) is 10.6 Å². The maximum absolute atomic E-state index is 13.3. The molecule has 6 heteroatoms. The minimum atomic E-state index is -3.85. The Bertz CT molecular complexity index is 860. The molecule has 0 heterocycles. The standard InChI is InChI=1S/C20H26N2O3S/c1-5-21(6-2)20(23)15-22(19-13-12-16(3)14-17(19)4)26(24,25)18-10-8-7-9-11-18/h7-14H,5-6,15H2,1-4H3. The van der Waals surface area contributed by atoms with Crippen LogP contribution in [0.15, 0.2) is 53.4 Å². The second kappa shape index (κ2) is 8.36. The van der Waals surface area contributed by atoms with Gasteiger partial charge < -0.3 is 4.90 Å². The van der Waals surface area contributed by atoms with Crippen molar-refractivity contribution in [3.8, 4) is 0 Å². The van der Waals surface area contributed by atoms with Gasteiger partial charge in [0.2, 0.25) is 5.91 Å². The van der Waals surface area contributed by atoms with E-state index in [4.69, 9.17) is 0 Å². The molecule has 0 N–H and O–H groups in total. The molecule has 0 unspecified atom stereocenters. The Morgan fingerprint density at radius 1 is 0.962 bits per heavy atom. The predicted octanol–water partition coefficient (Wildman–Crippen LogP) is 3.37. The fourth-order valence-corrected chi connectivity index (χ4v) is 4.40. The molecule has 0 aliphatic rings. The van der Waals surface area contributed by atoms with Crippen LogP contribution in [0, 0.1) is 13.8 Å². The second-order valence-corrected chi connectivity index (χ2v) is 8.04. The van der Waals surface area contributed by atoms with Gasteiger partial charge in [-0.15, -0.1) is 0 Å². The minimum Gasteiger partial charge on any atom is -0.342 e. The van der Waals surface area contributed by atoms with Crippen LogP contribution in [0.4, 0.5) is 5.69 Å². The van der Waals surface area contributed by atoms with Gasteiger partial charge in [0, 0.05) is 13.1 Å². The van der Waals surface area contributed by atoms with Gasteiger partial charge in [0.25, 0.3) is 10.0 Å². The largest absolute Gasteiger partial charge is 0.342 e. The normalized spacial score (nSPS) is 11.2. The number of nitrogens with zero attached hydrogens (tertiary/aromatic N) is 2. The topological polar surface area (TPSA) is 57.7 Å². The molecule has 0 spiro atoms. The molecule has 0 aromatic heterocycles. The minimum absolute atomic E-state index is 0.173. The molecule has 2 aromatic rings. The van der Waals surface area contributed by atoms with Crippen molar-refractivity contribution >= 4 is 21.6 Å². The Labute approximate surface area is 156 Å². The molecule has 1 amide bonds. The van der Waals surface area contributed by atoms with E-state index in [2.05, 4.69) is 0 Å². The van der Waals surface area contributed by atoms with Gasteiger partial charge in [-0.25, -0.2) is 8.42 Å². The molecule has 0 saturated carbocycles. The maximum atomic E-state index is 13.3. The number of sulfonamides is 1. The zero-order valence-electron chi connectivity index (χ0n) is 15.8. The maximum Gasteiger partial charge on any atom is 0.264 e. The Kier molecular flexibility index (Phi) is 6.42. The first kappa shape index (κ1) is 20.0. The zero-order chi connectivity index (χ0) is 19.3. The molecular formula is C20H26N2O3S. The molecule has 26 heavy (non-hydrogen) atoms. The van der Waals surface area contributed by atoms with Crippen LogP contribution < -0.4 is 4.31 Å². The van der Waals surface area contributed by atoms with E-state index in [0.717, 1.165) is 11.1 Å². The monoisotopic (exact) mass is 374 g/mol. The van der Waals surface area contributed by atoms with Crippen molar-refractivity contribution in [2.75, 3.05) is 23.9 Å². The number of anilines is 1. The highest BCUT2D eigenvalue weighted by molar-refractivity contribution is 7.92. The number of carbonyl (C=O) groups is 1. The molecule has 2 rings (SSSR count). The molecule has 0 saturated heterocycles. The summed E-state index contributed by atoms with van der Waals surface area (Å²) in [6.07, 6.45) is 0. The summed E-state index contributed by atoms with van der Waals surface area (Å²) in [6, 6.07) is 13.8. The quantitative estimate of drug-likeness (QED) is 0.747. The third kappa shape index (κ3) is 4.25. The van der Waals surface area contributed by atoms with Gasteiger partial charge in [-0.3, -0.25) is 9.10 Å². The number of benzene rings is 2. The van der Waals surface area contributed by atoms with Crippen LogP contribution in [-0.2, 0) is 14.8 Å². The van der Waals surface area contributed by atoms with E-state index in [1.54, 1.807) is 41.3 Å². The highest BCUT2D eigenvalue weighted by Crippen LogP contribution is 2.27. The Morgan fingerprint density at radius 3 is 2.12 bits per heavy atom. The van der Waals surface area contributed by atoms with Crippen LogP contribution in [0.5, 0.6) is 0 Å². The van der Waals surface area contributed by atoms with Gasteiger partial charge >= 0.3 is 0 Å². The molecule has 0 radical (unpaired) electrons. The number of likely N-dealkylation sites (N-methyl/N-ethyl adjacent to an activating group) is 1. The highest BCUT2D eigenvalue weighted by Gasteiger charge is 2.29. The molecular weight excluding hydrogens is 348 g/mol. The lowest BCUT2D eigenvalue weighted by atomic mass is 10.1. The zero-order valence-corrected chi connectivity index (χ0v) is 16.6. The molecule has 0 fully saturated rings. The van der Waals surface area contributed by atoms with Gasteiger partial charge in [-0.1, -0.05) is 35.9 Å². The smallest absolute Gasteiger partial charge is 0.264 e. The van der Waals surface area contributed by atoms with Crippen molar-refractivity contribution in [1.29, 1.82) is 0 Å². The fraction of sp³-hybridized carbons (Fsp3) is 0.350. The van der Waals surface area contributed by atoms with Crippen molar-refractivity contribution < 1.29 is 13.2 Å². The Morgan fingerprint density at radius 2 is 1.58 bits per heavy atom. The van der Waals surface area contributed by atoms with E-state index >= 15 is 0 Å². The summed E-state index contributed by atoms with van der Waals surface area (Å²) < 4.78 is 27.7. The summed E-state index contributed by atoms with van der Waals surface area (Å²) in [5.41, 5.74) is 2.38. The van der Waals surface area contributed by atoms with Crippen molar-refractivity contribution in [2.45, 2.75) is 32.6 Å². The van der Waals surface area contributed by atoms with Gasteiger partial charge in [-0.2, -0.15) is 0 Å². The average Bonchev–Trinajstić information content (AvgIpc) is 2.62. The van der Waals surface area contributed by atoms with Gasteiger partial charge in [-0.05, 0) is 51.5 Å². The van der Waals surface area contributed by atoms with E-state index in [0.29, 0.717) is 18.8 Å². The first-order chi connectivity index (χ1) is 12.3. The molecule has 140 valence electrons. The van der Waals surface area contributed by atoms with Crippen molar-refractivity contribution in [1.82, 2.24) is 4.90 Å². The lowest BCUT2D eigenvalue weighted by Gasteiger charge is -2.28. The first-order valence-electron chi connectivity index (χ1n) is 8.74. The summed E-state index contributed by atoms with van der Waals surface area (Å²) >= 11 is 0. The summed E-state index contributed by atoms with van der Waals surface area (Å²) in [4.78, 5) is 14.5. The lowest BCUT2D eigenvalue weighted by Crippen LogP contribution is -2.43. The van der Waals surface area contributed by atoms with Crippen LogP contribution in [0.1, 0.15) is 25.0 Å². The van der Waals surface area contributed by atoms with Crippen LogP contribution in [0.2, 0.25) is 0 Å². The predicted molar refractivity (Wildman–Crippen MR) is 105 cm³/mol. The fourth-order valence-electron chi connectivity index (χ4n) is 2.90. The Hall–Kier alpha value is -2.34. The number of hydrogen-bond acceptors (Lipinski definition) is 3. The van der Waals surface area contributed by atoms with E-state index < -0.39 is 10.0 Å². The number of hydrogen-bond donors (Lipinski definition) is 0. The van der Waals surface area contributed by atoms with Crippen molar-refractivity contribution in [2.24, 2.45) is 0 Å². The average molecular weight is 375 g/mol. The molecule has 0 bridgehead atoms. The number of amides is 1. The summed E-state index contributed by atoms with van der Waals surface area (Å²) in [6.45, 7) is 8.44. The van der Waals surface area contributed by atoms with Gasteiger partial charge in [0.1, 0.15) is 6.54 Å². The first-order valence-corrected chi connectivity index (χ1v) is 10.2. The van der Waals surface area contributed by atoms with E-state index in [9.17, 15) is 13.2 Å². The van der Waals surface area contributed by atoms with Gasteiger partial charge in [0.15, 0.2) is 0 Å². The molecule has 0 aliphatic carbocycles. The van der Waals surface area contributed by atoms with Crippen molar-refractivity contribution in [3.63, 3.8) is 0 Å². The third-order valence-corrected chi connectivity index (χ3v) is 6.12. The number of rotatable bonds is 7. The second-order valence-electron chi connectivity index (χ2n) is 6.18. The van der Waals surface area contributed by atoms with Crippen LogP contribution in [0.25, 0.3) is 0 Å². The summed E-state index contributed by atoms with van der Waals surface area (Å²) in [7, 11) is -3.85. The van der Waals surface area contributed by atoms with Crippen LogP contribution in [0.3, 0.4) is 0 Å². The lowest BCUT2D eigenvalue weighted by molar-refractivity contribution is -0.129. The highest BCUT2D eigenvalue weighted by atomic mass is 32.2. The van der Waals surface area contributed by atoms with Crippen LogP contribution in [-0.4, -0.2) is 38.9 Å². The molecule has 0 atom stereocenters. The SMILES string of the molecule is CCN(CC)C(=O)CN(c1ccc(C)cc1C)S(=O)(=O)c1ccccc1. The van der Waals surface area contributed by atoms with E-state index in [-0.39, 0.29) is 17.3 Å². The molecule has 5 nitrogen and oxygen atoms in total. The third-order valence-electron chi connectivity index (χ3n) is 4.35. The van der Waals surface area contributed by atoms with Crippen LogP contribution >= 0.6 is 0 Å². The molecule has 2 aromatic carbocycles. The Balaban J connectivity index is 2.53. The number of carbonyl (C=O) groups excluding carboxylic acids is 1. The van der Waals surface area contributed by atoms with Crippen molar-refractivity contribution in [3.05, 3.63) is 59.7 Å². The molecule has 0 aliphatic heterocycles.